The number of hydrogen-bond acceptors (Lipinski definition) is 6. The van der Waals surface area contributed by atoms with Gasteiger partial charge in [-0.05, 0) is 63.5 Å². The Labute approximate surface area is 193 Å². The molecule has 172 valence electrons. The average Bonchev–Trinajstić information content (AvgIpc) is 3.55. The lowest BCUT2D eigenvalue weighted by Gasteiger charge is -2.26. The number of likely N-dealkylation sites (tertiary alicyclic amines) is 1. The van der Waals surface area contributed by atoms with Crippen molar-refractivity contribution in [2.45, 2.75) is 46.2 Å². The number of hydrogen-bond donors (Lipinski definition) is 2. The first kappa shape index (κ1) is 21.4. The largest absolute Gasteiger partial charge is 0.399 e. The lowest BCUT2D eigenvalue weighted by atomic mass is 10.0. The van der Waals surface area contributed by atoms with Crippen molar-refractivity contribution in [3.05, 3.63) is 42.2 Å². The van der Waals surface area contributed by atoms with Crippen LogP contribution in [0.25, 0.3) is 39.5 Å². The molecule has 3 aromatic heterocycles. The van der Waals surface area contributed by atoms with Crippen molar-refractivity contribution in [3.63, 3.8) is 0 Å². The van der Waals surface area contributed by atoms with Crippen LogP contribution in [-0.2, 0) is 13.1 Å². The quantitative estimate of drug-likeness (QED) is 0.451. The lowest BCUT2D eigenvalue weighted by Crippen LogP contribution is -2.32. The van der Waals surface area contributed by atoms with E-state index in [1.165, 1.54) is 32.4 Å². The summed E-state index contributed by atoms with van der Waals surface area (Å²) in [4.78, 5) is 7.33. The van der Waals surface area contributed by atoms with Gasteiger partial charge in [0.15, 0.2) is 11.6 Å². The summed E-state index contributed by atoms with van der Waals surface area (Å²) in [6.07, 6.45) is 5.81. The molecule has 9 heteroatoms. The predicted molar refractivity (Wildman–Crippen MR) is 130 cm³/mol. The summed E-state index contributed by atoms with van der Waals surface area (Å²) in [5.41, 5.74) is 11.3. The highest BCUT2D eigenvalue weighted by Gasteiger charge is 2.18. The molecule has 9 nitrogen and oxygen atoms in total. The van der Waals surface area contributed by atoms with E-state index in [-0.39, 0.29) is 0 Å². The molecule has 5 rings (SSSR count). The SMILES string of the molecule is C=C(N)c1cc(-c2n[nH]c(-c3cc(C)nn3CC)n2)c2cnn(CCN3CCCCC3)c2c1. The molecule has 3 N–H and O–H groups in total. The number of benzene rings is 1. The number of fused-ring (bicyclic) bond motifs is 1. The van der Waals surface area contributed by atoms with E-state index in [0.717, 1.165) is 53.1 Å². The van der Waals surface area contributed by atoms with Crippen LogP contribution in [0.15, 0.2) is 31.0 Å². The first-order chi connectivity index (χ1) is 16.0. The van der Waals surface area contributed by atoms with E-state index in [1.807, 2.05) is 29.9 Å². The van der Waals surface area contributed by atoms with Crippen molar-refractivity contribution < 1.29 is 0 Å². The van der Waals surface area contributed by atoms with E-state index in [1.54, 1.807) is 0 Å². The van der Waals surface area contributed by atoms with Gasteiger partial charge in [-0.2, -0.15) is 15.3 Å². The molecule has 0 atom stereocenters. The molecule has 0 saturated carbocycles. The normalized spacial score (nSPS) is 14.8. The van der Waals surface area contributed by atoms with Gasteiger partial charge in [-0.1, -0.05) is 13.0 Å². The standard InChI is InChI=1S/C24H31N9/c1-4-32-22(12-16(2)30-32)24-27-23(28-29-24)19-13-18(17(3)25)14-21-20(19)15-26-33(21)11-10-31-8-6-5-7-9-31/h12-15H,3-11,25H2,1-2H3,(H,27,28,29). The van der Waals surface area contributed by atoms with Crippen LogP contribution in [0.2, 0.25) is 0 Å². The number of nitrogens with one attached hydrogen (secondary N) is 1. The van der Waals surface area contributed by atoms with Crippen molar-refractivity contribution in [1.29, 1.82) is 0 Å². The molecule has 1 aliphatic heterocycles. The summed E-state index contributed by atoms with van der Waals surface area (Å²) in [5, 5.41) is 17.8. The van der Waals surface area contributed by atoms with Gasteiger partial charge in [0.05, 0.1) is 24.0 Å². The molecule has 0 unspecified atom stereocenters. The Morgan fingerprint density at radius 2 is 1.94 bits per heavy atom. The van der Waals surface area contributed by atoms with E-state index in [0.29, 0.717) is 17.3 Å². The summed E-state index contributed by atoms with van der Waals surface area (Å²) in [5.74, 6) is 1.30. The number of H-pyrrole nitrogens is 1. The maximum atomic E-state index is 6.11. The molecule has 0 amide bonds. The Morgan fingerprint density at radius 3 is 2.70 bits per heavy atom. The van der Waals surface area contributed by atoms with E-state index in [4.69, 9.17) is 15.8 Å². The minimum atomic E-state index is 0.511. The van der Waals surface area contributed by atoms with Gasteiger partial charge in [0, 0.05) is 29.7 Å². The molecule has 33 heavy (non-hydrogen) atoms. The number of piperidine rings is 1. The number of aromatic nitrogens is 7. The fourth-order valence-corrected chi connectivity index (χ4v) is 4.62. The molecule has 0 spiro atoms. The Kier molecular flexibility index (Phi) is 5.72. The number of rotatable bonds is 7. The average molecular weight is 446 g/mol. The van der Waals surface area contributed by atoms with Gasteiger partial charge in [0.2, 0.25) is 0 Å². The molecular formula is C24H31N9. The van der Waals surface area contributed by atoms with Gasteiger partial charge >= 0.3 is 0 Å². The van der Waals surface area contributed by atoms with Crippen molar-refractivity contribution in [3.8, 4) is 22.9 Å². The first-order valence-electron chi connectivity index (χ1n) is 11.7. The van der Waals surface area contributed by atoms with Gasteiger partial charge in [-0.25, -0.2) is 4.98 Å². The number of nitrogens with zero attached hydrogens (tertiary/aromatic N) is 7. The first-order valence-corrected chi connectivity index (χ1v) is 11.7. The van der Waals surface area contributed by atoms with Crippen molar-refractivity contribution in [2.24, 2.45) is 5.73 Å². The maximum absolute atomic E-state index is 6.11. The van der Waals surface area contributed by atoms with Gasteiger partial charge in [0.1, 0.15) is 5.69 Å². The molecule has 4 aromatic rings. The Morgan fingerprint density at radius 1 is 1.12 bits per heavy atom. The van der Waals surface area contributed by atoms with Crippen LogP contribution in [0, 0.1) is 6.92 Å². The smallest absolute Gasteiger partial charge is 0.182 e. The van der Waals surface area contributed by atoms with Gasteiger partial charge in [-0.15, -0.1) is 0 Å². The van der Waals surface area contributed by atoms with E-state index in [9.17, 15) is 0 Å². The van der Waals surface area contributed by atoms with Crippen LogP contribution in [0.3, 0.4) is 0 Å². The molecular weight excluding hydrogens is 414 g/mol. The summed E-state index contributed by atoms with van der Waals surface area (Å²) in [7, 11) is 0. The molecule has 0 bridgehead atoms. The highest BCUT2D eigenvalue weighted by atomic mass is 15.3. The van der Waals surface area contributed by atoms with Crippen LogP contribution in [0.4, 0.5) is 0 Å². The number of aromatic amines is 1. The second kappa shape index (κ2) is 8.82. The van der Waals surface area contributed by atoms with E-state index >= 15 is 0 Å². The molecule has 0 aliphatic carbocycles. The van der Waals surface area contributed by atoms with E-state index < -0.39 is 0 Å². The van der Waals surface area contributed by atoms with Crippen LogP contribution >= 0.6 is 0 Å². The molecule has 0 radical (unpaired) electrons. The number of aryl methyl sites for hydroxylation is 2. The van der Waals surface area contributed by atoms with Gasteiger partial charge in [0.25, 0.3) is 0 Å². The highest BCUT2D eigenvalue weighted by Crippen LogP contribution is 2.31. The molecule has 1 saturated heterocycles. The van der Waals surface area contributed by atoms with Crippen molar-refractivity contribution in [1.82, 2.24) is 39.6 Å². The van der Waals surface area contributed by atoms with Crippen LogP contribution < -0.4 is 5.73 Å². The van der Waals surface area contributed by atoms with Gasteiger partial charge < -0.3 is 10.6 Å². The van der Waals surface area contributed by atoms with E-state index in [2.05, 4.69) is 44.4 Å². The third-order valence-electron chi connectivity index (χ3n) is 6.38. The van der Waals surface area contributed by atoms with Crippen LogP contribution in [0.1, 0.15) is 37.4 Å². The zero-order chi connectivity index (χ0) is 22.9. The lowest BCUT2D eigenvalue weighted by molar-refractivity contribution is 0.219. The topological polar surface area (TPSA) is 106 Å². The molecule has 1 aliphatic rings. The highest BCUT2D eigenvalue weighted by molar-refractivity contribution is 5.95. The Balaban J connectivity index is 1.52. The summed E-state index contributed by atoms with van der Waals surface area (Å²) in [6, 6.07) is 6.07. The monoisotopic (exact) mass is 445 g/mol. The second-order valence-corrected chi connectivity index (χ2v) is 8.75. The minimum Gasteiger partial charge on any atom is -0.399 e. The van der Waals surface area contributed by atoms with Crippen LogP contribution in [-0.4, -0.2) is 59.3 Å². The number of nitrogens with two attached hydrogens (primary N) is 1. The zero-order valence-electron chi connectivity index (χ0n) is 19.4. The third kappa shape index (κ3) is 4.16. The summed E-state index contributed by atoms with van der Waals surface area (Å²) >= 11 is 0. The minimum absolute atomic E-state index is 0.511. The van der Waals surface area contributed by atoms with Crippen molar-refractivity contribution >= 4 is 16.6 Å². The maximum Gasteiger partial charge on any atom is 0.182 e. The predicted octanol–water partition coefficient (Wildman–Crippen LogP) is 3.43. The fourth-order valence-electron chi connectivity index (χ4n) is 4.62. The zero-order valence-corrected chi connectivity index (χ0v) is 19.4. The second-order valence-electron chi connectivity index (χ2n) is 8.75. The molecule has 1 aromatic carbocycles. The van der Waals surface area contributed by atoms with Crippen molar-refractivity contribution in [2.75, 3.05) is 19.6 Å². The van der Waals surface area contributed by atoms with Gasteiger partial charge in [-0.3, -0.25) is 14.5 Å². The third-order valence-corrected chi connectivity index (χ3v) is 6.38. The molecule has 1 fully saturated rings. The fraction of sp³-hybridized carbons (Fsp3) is 0.417. The summed E-state index contributed by atoms with van der Waals surface area (Å²) < 4.78 is 3.98. The Bertz CT molecular complexity index is 1290. The summed E-state index contributed by atoms with van der Waals surface area (Å²) in [6.45, 7) is 12.9. The Hall–Kier alpha value is -3.46. The van der Waals surface area contributed by atoms with Crippen LogP contribution in [0.5, 0.6) is 0 Å². The molecule has 4 heterocycles.